The summed E-state index contributed by atoms with van der Waals surface area (Å²) in [6.45, 7) is 9.48. The third kappa shape index (κ3) is 6.35. The van der Waals surface area contributed by atoms with Crippen molar-refractivity contribution in [2.75, 3.05) is 18.4 Å². The van der Waals surface area contributed by atoms with Crippen LogP contribution in [0.3, 0.4) is 0 Å². The van der Waals surface area contributed by atoms with E-state index in [0.717, 1.165) is 28.1 Å². The van der Waals surface area contributed by atoms with Crippen molar-refractivity contribution >= 4 is 17.5 Å². The number of amides is 1. The van der Waals surface area contributed by atoms with Gasteiger partial charge in [-0.15, -0.1) is 10.2 Å². The van der Waals surface area contributed by atoms with Gasteiger partial charge in [0.1, 0.15) is 0 Å². The number of hydrogen-bond donors (Lipinski definition) is 3. The van der Waals surface area contributed by atoms with E-state index in [0.29, 0.717) is 37.9 Å². The van der Waals surface area contributed by atoms with E-state index in [1.165, 1.54) is 0 Å². The first-order chi connectivity index (χ1) is 19.0. The number of carbonyl (C=O) groups excluding carboxylic acids is 1. The van der Waals surface area contributed by atoms with Gasteiger partial charge >= 0.3 is 11.8 Å². The molecule has 1 aliphatic rings. The van der Waals surface area contributed by atoms with E-state index in [4.69, 9.17) is 9.40 Å². The van der Waals surface area contributed by atoms with Crippen LogP contribution in [0.15, 0.2) is 47.3 Å². The molecule has 0 fully saturated rings. The second kappa shape index (κ2) is 11.1. The molecule has 3 N–H and O–H groups in total. The topological polar surface area (TPSA) is 147 Å². The number of aryl methyl sites for hydroxylation is 1. The van der Waals surface area contributed by atoms with Crippen LogP contribution >= 0.6 is 0 Å². The number of aromatic nitrogens is 6. The van der Waals surface area contributed by atoms with Gasteiger partial charge in [0.05, 0.1) is 29.7 Å². The summed E-state index contributed by atoms with van der Waals surface area (Å²) in [5, 5.41) is 28.6. The molecular weight excluding hydrogens is 510 g/mol. The summed E-state index contributed by atoms with van der Waals surface area (Å²) in [5.41, 5.74) is 4.17. The first-order valence-corrected chi connectivity index (χ1v) is 13.3. The fourth-order valence-electron chi connectivity index (χ4n) is 4.74. The fraction of sp³-hybridized carbons (Fsp3) is 0.429. The Labute approximate surface area is 232 Å². The van der Waals surface area contributed by atoms with Gasteiger partial charge in [0.2, 0.25) is 11.8 Å². The maximum absolute atomic E-state index is 13.1. The van der Waals surface area contributed by atoms with Crippen LogP contribution in [0.5, 0.6) is 0 Å². The molecule has 210 valence electrons. The molecule has 2 atom stereocenters. The van der Waals surface area contributed by atoms with Gasteiger partial charge < -0.3 is 20.2 Å². The third-order valence-corrected chi connectivity index (χ3v) is 6.65. The number of nitrogens with one attached hydrogen (secondary N) is 2. The van der Waals surface area contributed by atoms with Crippen molar-refractivity contribution in [1.82, 2.24) is 40.2 Å². The monoisotopic (exact) mass is 545 g/mol. The molecule has 12 nitrogen and oxygen atoms in total. The minimum Gasteiger partial charge on any atom is -0.416 e. The Balaban J connectivity index is 1.42. The summed E-state index contributed by atoms with van der Waals surface area (Å²) < 4.78 is 7.38. The molecule has 4 aromatic rings. The van der Waals surface area contributed by atoms with Crippen molar-refractivity contribution in [3.63, 3.8) is 0 Å². The summed E-state index contributed by atoms with van der Waals surface area (Å²) in [7, 11) is 1.85. The van der Waals surface area contributed by atoms with Gasteiger partial charge in [0.25, 0.3) is 0 Å². The molecule has 0 spiro atoms. The van der Waals surface area contributed by atoms with Gasteiger partial charge in [0, 0.05) is 50.1 Å². The standard InChI is InChI=1S/C28H35N9O3/c1-17(38)14-37-11-9-23(32-24(39)25-34-35-26(40-25)28(2,3)4)21-7-6-18(12-19(21)15-37)22-8-10-29-27(33-22)31-20-13-30-36(5)16-20/h6-8,10,12-13,16-17,23,38H,9,11,14-15H2,1-5H3,(H,32,39)(H,29,31,33)/t17?,23-/m1/s1. The summed E-state index contributed by atoms with van der Waals surface area (Å²) in [5.74, 6) is 0.418. The zero-order valence-corrected chi connectivity index (χ0v) is 23.4. The first kappa shape index (κ1) is 27.4. The minimum atomic E-state index is -0.477. The smallest absolute Gasteiger partial charge is 0.309 e. The second-order valence-corrected chi connectivity index (χ2v) is 11.3. The number of β-amino-alcohol motifs (C(OH)–C–C–N with tert-alkyl or cyclic N) is 1. The number of fused-ring (bicyclic) bond motifs is 1. The van der Waals surface area contributed by atoms with Gasteiger partial charge in [-0.25, -0.2) is 9.97 Å². The molecule has 1 unspecified atom stereocenters. The quantitative estimate of drug-likeness (QED) is 0.316. The van der Waals surface area contributed by atoms with Gasteiger partial charge in [-0.2, -0.15) is 5.10 Å². The number of rotatable bonds is 7. The highest BCUT2D eigenvalue weighted by molar-refractivity contribution is 5.89. The Kier molecular flexibility index (Phi) is 7.63. The Morgan fingerprint density at radius 2 is 2.08 bits per heavy atom. The highest BCUT2D eigenvalue weighted by Crippen LogP contribution is 2.31. The van der Waals surface area contributed by atoms with Crippen LogP contribution in [-0.2, 0) is 19.0 Å². The Hall–Kier alpha value is -4.16. The van der Waals surface area contributed by atoms with Crippen LogP contribution in [-0.4, -0.2) is 65.1 Å². The number of hydrogen-bond acceptors (Lipinski definition) is 10. The molecule has 1 aliphatic heterocycles. The van der Waals surface area contributed by atoms with Crippen LogP contribution in [0.25, 0.3) is 11.3 Å². The van der Waals surface area contributed by atoms with E-state index >= 15 is 0 Å². The predicted octanol–water partition coefficient (Wildman–Crippen LogP) is 3.36. The Morgan fingerprint density at radius 3 is 2.77 bits per heavy atom. The van der Waals surface area contributed by atoms with Gasteiger partial charge in [-0.1, -0.05) is 32.9 Å². The second-order valence-electron chi connectivity index (χ2n) is 11.3. The number of aliphatic hydroxyl groups is 1. The molecule has 5 rings (SSSR count). The van der Waals surface area contributed by atoms with Crippen molar-refractivity contribution in [2.45, 2.75) is 58.2 Å². The van der Waals surface area contributed by atoms with E-state index in [1.807, 2.05) is 52.2 Å². The summed E-state index contributed by atoms with van der Waals surface area (Å²) in [6.07, 6.45) is 5.46. The molecule has 0 aliphatic carbocycles. The normalized spacial score (nSPS) is 16.7. The predicted molar refractivity (Wildman–Crippen MR) is 149 cm³/mol. The molecule has 0 saturated heterocycles. The van der Waals surface area contributed by atoms with E-state index in [-0.39, 0.29) is 17.3 Å². The van der Waals surface area contributed by atoms with Crippen molar-refractivity contribution in [1.29, 1.82) is 0 Å². The molecule has 0 radical (unpaired) electrons. The van der Waals surface area contributed by atoms with Crippen molar-refractivity contribution in [3.8, 4) is 11.3 Å². The van der Waals surface area contributed by atoms with Crippen LogP contribution in [0, 0.1) is 0 Å². The molecular formula is C28H35N9O3. The lowest BCUT2D eigenvalue weighted by atomic mass is 9.96. The maximum Gasteiger partial charge on any atom is 0.309 e. The highest BCUT2D eigenvalue weighted by Gasteiger charge is 2.28. The first-order valence-electron chi connectivity index (χ1n) is 13.3. The molecule has 12 heteroatoms. The molecule has 1 aromatic carbocycles. The van der Waals surface area contributed by atoms with Crippen molar-refractivity contribution in [3.05, 3.63) is 65.8 Å². The molecule has 0 saturated carbocycles. The minimum absolute atomic E-state index is 0.0530. The number of nitrogens with zero attached hydrogens (tertiary/aromatic N) is 7. The van der Waals surface area contributed by atoms with Crippen LogP contribution in [0.1, 0.15) is 67.9 Å². The highest BCUT2D eigenvalue weighted by atomic mass is 16.4. The van der Waals surface area contributed by atoms with E-state index in [1.54, 1.807) is 24.0 Å². The van der Waals surface area contributed by atoms with Gasteiger partial charge in [0.15, 0.2) is 0 Å². The van der Waals surface area contributed by atoms with Crippen LogP contribution in [0.2, 0.25) is 0 Å². The van der Waals surface area contributed by atoms with Crippen molar-refractivity contribution in [2.24, 2.45) is 7.05 Å². The molecule has 3 aromatic heterocycles. The molecule has 40 heavy (non-hydrogen) atoms. The van der Waals surface area contributed by atoms with E-state index in [2.05, 4.69) is 41.9 Å². The number of benzene rings is 1. The van der Waals surface area contributed by atoms with Gasteiger partial charge in [-0.05, 0) is 36.6 Å². The van der Waals surface area contributed by atoms with Gasteiger partial charge in [-0.3, -0.25) is 14.4 Å². The average molecular weight is 546 g/mol. The largest absolute Gasteiger partial charge is 0.416 e. The lowest BCUT2D eigenvalue weighted by Crippen LogP contribution is -2.32. The SMILES string of the molecule is CC(O)CN1CC[C@@H](NC(=O)c2nnc(C(C)(C)C)o2)c2ccc(-c3ccnc(Nc4cnn(C)c4)n3)cc2C1. The van der Waals surface area contributed by atoms with Crippen LogP contribution < -0.4 is 10.6 Å². The average Bonchev–Trinajstić information content (AvgIpc) is 3.52. The summed E-state index contributed by atoms with van der Waals surface area (Å²) >= 11 is 0. The van der Waals surface area contributed by atoms with E-state index < -0.39 is 12.0 Å². The lowest BCUT2D eigenvalue weighted by molar-refractivity contribution is 0.0889. The Bertz CT molecular complexity index is 1490. The maximum atomic E-state index is 13.1. The lowest BCUT2D eigenvalue weighted by Gasteiger charge is -2.22. The zero-order valence-electron chi connectivity index (χ0n) is 23.4. The Morgan fingerprint density at radius 1 is 1.25 bits per heavy atom. The van der Waals surface area contributed by atoms with Crippen molar-refractivity contribution < 1.29 is 14.3 Å². The third-order valence-electron chi connectivity index (χ3n) is 6.65. The molecule has 0 bridgehead atoms. The molecule has 4 heterocycles. The molecule has 1 amide bonds. The van der Waals surface area contributed by atoms with E-state index in [9.17, 15) is 9.90 Å². The number of aliphatic hydroxyl groups excluding tert-OH is 1. The number of carbonyl (C=O) groups is 1. The van der Waals surface area contributed by atoms with Crippen LogP contribution in [0.4, 0.5) is 11.6 Å². The fourth-order valence-corrected chi connectivity index (χ4v) is 4.74. The zero-order chi connectivity index (χ0) is 28.4. The summed E-state index contributed by atoms with van der Waals surface area (Å²) in [4.78, 5) is 24.4. The number of anilines is 2. The summed E-state index contributed by atoms with van der Waals surface area (Å²) in [6, 6.07) is 7.72.